The van der Waals surface area contributed by atoms with Crippen LogP contribution in [-0.2, 0) is 5.88 Å². The second-order valence-corrected chi connectivity index (χ2v) is 5.33. The molecule has 0 aliphatic heterocycles. The molecular formula is C15H20ClFO. The predicted octanol–water partition coefficient (Wildman–Crippen LogP) is 4.91. The van der Waals surface area contributed by atoms with Crippen molar-refractivity contribution in [1.82, 2.24) is 0 Å². The van der Waals surface area contributed by atoms with Crippen molar-refractivity contribution in [3.05, 3.63) is 29.6 Å². The molecule has 0 unspecified atom stereocenters. The van der Waals surface area contributed by atoms with E-state index in [1.54, 1.807) is 6.07 Å². The van der Waals surface area contributed by atoms with Crippen LogP contribution in [0.15, 0.2) is 18.2 Å². The summed E-state index contributed by atoms with van der Waals surface area (Å²) in [6, 6.07) is 4.97. The van der Waals surface area contributed by atoms with Crippen molar-refractivity contribution in [2.24, 2.45) is 5.92 Å². The van der Waals surface area contributed by atoms with Gasteiger partial charge in [-0.05, 0) is 49.3 Å². The molecule has 1 aromatic rings. The first-order chi connectivity index (χ1) is 8.72. The molecule has 0 atom stereocenters. The van der Waals surface area contributed by atoms with E-state index in [1.807, 2.05) is 6.07 Å². The summed E-state index contributed by atoms with van der Waals surface area (Å²) in [4.78, 5) is 0. The molecule has 2 rings (SSSR count). The van der Waals surface area contributed by atoms with Gasteiger partial charge in [-0.15, -0.1) is 11.6 Å². The van der Waals surface area contributed by atoms with Crippen LogP contribution in [0.4, 0.5) is 4.39 Å². The first-order valence-electron chi connectivity index (χ1n) is 6.74. The molecule has 1 aliphatic rings. The maximum Gasteiger partial charge on any atom is 0.165 e. The number of alkyl halides is 1. The van der Waals surface area contributed by atoms with Crippen molar-refractivity contribution in [3.63, 3.8) is 0 Å². The fourth-order valence-electron chi connectivity index (χ4n) is 2.56. The SMILES string of the molecule is CCC1CCC(Oc2ccc(CCl)cc2F)CC1. The van der Waals surface area contributed by atoms with Crippen LogP contribution in [0.25, 0.3) is 0 Å². The van der Waals surface area contributed by atoms with E-state index in [9.17, 15) is 4.39 Å². The number of benzene rings is 1. The van der Waals surface area contributed by atoms with E-state index in [0.717, 1.165) is 24.3 Å². The van der Waals surface area contributed by atoms with Gasteiger partial charge >= 0.3 is 0 Å². The van der Waals surface area contributed by atoms with Gasteiger partial charge in [-0.1, -0.05) is 19.4 Å². The molecule has 18 heavy (non-hydrogen) atoms. The zero-order valence-electron chi connectivity index (χ0n) is 10.8. The second-order valence-electron chi connectivity index (χ2n) is 5.07. The molecule has 0 heterocycles. The highest BCUT2D eigenvalue weighted by Crippen LogP contribution is 2.30. The molecule has 0 saturated heterocycles. The Hall–Kier alpha value is -0.760. The van der Waals surface area contributed by atoms with Crippen LogP contribution in [0, 0.1) is 11.7 Å². The molecule has 3 heteroatoms. The smallest absolute Gasteiger partial charge is 0.165 e. The first-order valence-corrected chi connectivity index (χ1v) is 7.27. The lowest BCUT2D eigenvalue weighted by atomic mass is 9.86. The van der Waals surface area contributed by atoms with E-state index in [1.165, 1.54) is 25.3 Å². The van der Waals surface area contributed by atoms with Crippen molar-refractivity contribution in [3.8, 4) is 5.75 Å². The zero-order chi connectivity index (χ0) is 13.0. The Kier molecular flexibility index (Phi) is 4.87. The van der Waals surface area contributed by atoms with Gasteiger partial charge in [0.05, 0.1) is 6.10 Å². The number of hydrogen-bond acceptors (Lipinski definition) is 1. The maximum absolute atomic E-state index is 13.8. The standard InChI is InChI=1S/C15H20ClFO/c1-2-11-3-6-13(7-4-11)18-15-8-5-12(10-16)9-14(15)17/h5,8-9,11,13H,2-4,6-7,10H2,1H3. The topological polar surface area (TPSA) is 9.23 Å². The highest BCUT2D eigenvalue weighted by atomic mass is 35.5. The van der Waals surface area contributed by atoms with Gasteiger partial charge < -0.3 is 4.74 Å². The number of hydrogen-bond donors (Lipinski definition) is 0. The lowest BCUT2D eigenvalue weighted by molar-refractivity contribution is 0.125. The van der Waals surface area contributed by atoms with Crippen molar-refractivity contribution >= 4 is 11.6 Å². The molecule has 1 nitrogen and oxygen atoms in total. The average Bonchev–Trinajstić information content (AvgIpc) is 2.42. The maximum atomic E-state index is 13.8. The van der Waals surface area contributed by atoms with Gasteiger partial charge in [0.1, 0.15) is 0 Å². The molecule has 0 bridgehead atoms. The van der Waals surface area contributed by atoms with Crippen molar-refractivity contribution in [2.75, 3.05) is 0 Å². The Morgan fingerprint density at radius 1 is 1.28 bits per heavy atom. The molecule has 1 saturated carbocycles. The summed E-state index contributed by atoms with van der Waals surface area (Å²) >= 11 is 5.67. The Morgan fingerprint density at radius 3 is 2.56 bits per heavy atom. The van der Waals surface area contributed by atoms with E-state index in [0.29, 0.717) is 11.6 Å². The second kappa shape index (κ2) is 6.42. The third-order valence-electron chi connectivity index (χ3n) is 3.82. The van der Waals surface area contributed by atoms with Crippen LogP contribution >= 0.6 is 11.6 Å². The number of rotatable bonds is 4. The van der Waals surface area contributed by atoms with Crippen LogP contribution in [0.5, 0.6) is 5.75 Å². The minimum absolute atomic E-state index is 0.171. The van der Waals surface area contributed by atoms with Crippen LogP contribution in [-0.4, -0.2) is 6.10 Å². The average molecular weight is 271 g/mol. The summed E-state index contributed by atoms with van der Waals surface area (Å²) in [5, 5.41) is 0. The molecule has 1 aromatic carbocycles. The fourth-order valence-corrected chi connectivity index (χ4v) is 2.73. The Balaban J connectivity index is 1.94. The van der Waals surface area contributed by atoms with E-state index >= 15 is 0 Å². The lowest BCUT2D eigenvalue weighted by Crippen LogP contribution is -2.24. The van der Waals surface area contributed by atoms with Gasteiger partial charge in [0.25, 0.3) is 0 Å². The third-order valence-corrected chi connectivity index (χ3v) is 4.12. The summed E-state index contributed by atoms with van der Waals surface area (Å²) in [5.74, 6) is 1.22. The van der Waals surface area contributed by atoms with Gasteiger partial charge in [0.15, 0.2) is 11.6 Å². The van der Waals surface area contributed by atoms with Crippen molar-refractivity contribution in [2.45, 2.75) is 51.0 Å². The van der Waals surface area contributed by atoms with Gasteiger partial charge in [-0.25, -0.2) is 4.39 Å². The zero-order valence-corrected chi connectivity index (χ0v) is 11.5. The summed E-state index contributed by atoms with van der Waals surface area (Å²) in [6.07, 6.45) is 5.88. The van der Waals surface area contributed by atoms with Gasteiger partial charge in [0.2, 0.25) is 0 Å². The number of halogens is 2. The third kappa shape index (κ3) is 3.38. The molecule has 0 spiro atoms. The van der Waals surface area contributed by atoms with Crippen LogP contribution in [0.1, 0.15) is 44.6 Å². The van der Waals surface area contributed by atoms with Crippen molar-refractivity contribution < 1.29 is 9.13 Å². The molecule has 0 amide bonds. The molecule has 1 aliphatic carbocycles. The summed E-state index contributed by atoms with van der Waals surface area (Å²) < 4.78 is 19.5. The Morgan fingerprint density at radius 2 is 2.00 bits per heavy atom. The van der Waals surface area contributed by atoms with E-state index in [2.05, 4.69) is 6.92 Å². The fraction of sp³-hybridized carbons (Fsp3) is 0.600. The predicted molar refractivity (Wildman–Crippen MR) is 72.6 cm³/mol. The minimum atomic E-state index is -0.300. The highest BCUT2D eigenvalue weighted by molar-refractivity contribution is 6.17. The molecule has 0 N–H and O–H groups in total. The molecule has 100 valence electrons. The normalized spacial score (nSPS) is 23.9. The van der Waals surface area contributed by atoms with Crippen LogP contribution in [0.2, 0.25) is 0 Å². The number of ether oxygens (including phenoxy) is 1. The van der Waals surface area contributed by atoms with E-state index < -0.39 is 0 Å². The van der Waals surface area contributed by atoms with E-state index in [4.69, 9.17) is 16.3 Å². The minimum Gasteiger partial charge on any atom is -0.487 e. The largest absolute Gasteiger partial charge is 0.487 e. The monoisotopic (exact) mass is 270 g/mol. The first kappa shape index (κ1) is 13.7. The Labute approximate surface area is 113 Å². The van der Waals surface area contributed by atoms with Crippen LogP contribution in [0.3, 0.4) is 0 Å². The molecular weight excluding hydrogens is 251 g/mol. The van der Waals surface area contributed by atoms with E-state index in [-0.39, 0.29) is 11.9 Å². The van der Waals surface area contributed by atoms with Gasteiger partial charge in [0, 0.05) is 5.88 Å². The van der Waals surface area contributed by atoms with Crippen molar-refractivity contribution in [1.29, 1.82) is 0 Å². The highest BCUT2D eigenvalue weighted by Gasteiger charge is 2.22. The quantitative estimate of drug-likeness (QED) is 0.706. The van der Waals surface area contributed by atoms with Gasteiger partial charge in [-0.3, -0.25) is 0 Å². The lowest BCUT2D eigenvalue weighted by Gasteiger charge is -2.28. The summed E-state index contributed by atoms with van der Waals surface area (Å²) in [6.45, 7) is 2.23. The summed E-state index contributed by atoms with van der Waals surface area (Å²) in [7, 11) is 0. The molecule has 1 fully saturated rings. The summed E-state index contributed by atoms with van der Waals surface area (Å²) in [5.41, 5.74) is 0.788. The Bertz CT molecular complexity index is 386. The molecule has 0 aromatic heterocycles. The van der Waals surface area contributed by atoms with Gasteiger partial charge in [-0.2, -0.15) is 0 Å². The van der Waals surface area contributed by atoms with Crippen LogP contribution < -0.4 is 4.74 Å². The molecule has 0 radical (unpaired) electrons.